The van der Waals surface area contributed by atoms with Gasteiger partial charge < -0.3 is 24.4 Å². The van der Waals surface area contributed by atoms with Crippen molar-refractivity contribution >= 4 is 12.0 Å². The molecule has 1 unspecified atom stereocenters. The minimum absolute atomic E-state index is 0.00641. The monoisotopic (exact) mass is 471 g/mol. The number of fused-ring (bicyclic) bond motifs is 1. The average Bonchev–Trinajstić information content (AvgIpc) is 3.54. The Hall–Kier alpha value is -2.16. The maximum absolute atomic E-state index is 13.4. The molecule has 1 spiro atoms. The number of benzene rings is 1. The van der Waals surface area contributed by atoms with E-state index in [0.717, 1.165) is 44.5 Å². The van der Waals surface area contributed by atoms with Crippen LogP contribution in [-0.4, -0.2) is 88.5 Å². The fourth-order valence-electron chi connectivity index (χ4n) is 5.94. The molecule has 4 aliphatic rings. The minimum Gasteiger partial charge on any atom is -0.445 e. The molecule has 8 nitrogen and oxygen atoms in total. The molecule has 1 aliphatic carbocycles. The fourth-order valence-corrected chi connectivity index (χ4v) is 5.94. The number of carbonyl (C=O) groups is 2. The molecule has 3 heterocycles. The molecule has 4 atom stereocenters. The quantitative estimate of drug-likeness (QED) is 0.687. The Bertz CT molecular complexity index is 907. The second-order valence-corrected chi connectivity index (χ2v) is 10.8. The summed E-state index contributed by atoms with van der Waals surface area (Å²) in [5.41, 5.74) is 0.298. The molecular weight excluding hydrogens is 434 g/mol. The predicted octanol–water partition coefficient (Wildman–Crippen LogP) is 2.60. The summed E-state index contributed by atoms with van der Waals surface area (Å²) in [4.78, 5) is 31.9. The van der Waals surface area contributed by atoms with Crippen LogP contribution in [0, 0.1) is 5.41 Å². The number of ether oxygens (including phenoxy) is 2. The van der Waals surface area contributed by atoms with Crippen LogP contribution in [0.25, 0.3) is 0 Å². The van der Waals surface area contributed by atoms with Gasteiger partial charge in [0.25, 0.3) is 0 Å². The molecular formula is C26H37N3O5. The summed E-state index contributed by atoms with van der Waals surface area (Å²) < 4.78 is 11.6. The molecule has 3 saturated heterocycles. The Morgan fingerprint density at radius 2 is 2.00 bits per heavy atom. The van der Waals surface area contributed by atoms with Crippen LogP contribution in [0.4, 0.5) is 4.79 Å². The first-order valence-electron chi connectivity index (χ1n) is 12.7. The van der Waals surface area contributed by atoms with E-state index in [1.165, 1.54) is 17.7 Å². The molecule has 0 aromatic heterocycles. The highest BCUT2D eigenvalue weighted by molar-refractivity contribution is 5.87. The molecule has 8 heteroatoms. The van der Waals surface area contributed by atoms with Gasteiger partial charge in [0.2, 0.25) is 5.91 Å². The lowest BCUT2D eigenvalue weighted by molar-refractivity contribution is -0.169. The van der Waals surface area contributed by atoms with Gasteiger partial charge in [-0.15, -0.1) is 0 Å². The zero-order valence-corrected chi connectivity index (χ0v) is 20.3. The van der Waals surface area contributed by atoms with E-state index in [0.29, 0.717) is 13.2 Å². The number of aliphatic hydroxyl groups is 1. The largest absolute Gasteiger partial charge is 0.445 e. The van der Waals surface area contributed by atoms with Crippen LogP contribution in [0.2, 0.25) is 0 Å². The lowest BCUT2D eigenvalue weighted by Gasteiger charge is -2.47. The van der Waals surface area contributed by atoms with Gasteiger partial charge in [0.1, 0.15) is 12.6 Å². The highest BCUT2D eigenvalue weighted by atomic mass is 16.6. The summed E-state index contributed by atoms with van der Waals surface area (Å²) in [6, 6.07) is 8.94. The van der Waals surface area contributed by atoms with Gasteiger partial charge in [0, 0.05) is 6.54 Å². The van der Waals surface area contributed by atoms with Gasteiger partial charge in [0.05, 0.1) is 25.3 Å². The number of hydrogen-bond acceptors (Lipinski definition) is 6. The third-order valence-electron chi connectivity index (χ3n) is 8.39. The van der Waals surface area contributed by atoms with Crippen LogP contribution in [-0.2, 0) is 20.9 Å². The van der Waals surface area contributed by atoms with Gasteiger partial charge in [-0.2, -0.15) is 0 Å². The molecule has 5 rings (SSSR count). The van der Waals surface area contributed by atoms with E-state index < -0.39 is 17.9 Å². The topological polar surface area (TPSA) is 82.6 Å². The summed E-state index contributed by atoms with van der Waals surface area (Å²) in [6.45, 7) is 7.35. The van der Waals surface area contributed by atoms with Crippen LogP contribution < -0.4 is 0 Å². The summed E-state index contributed by atoms with van der Waals surface area (Å²) in [6.07, 6.45) is 4.55. The molecule has 0 radical (unpaired) electrons. The number of nitrogens with zero attached hydrogens (tertiary/aromatic N) is 3. The highest BCUT2D eigenvalue weighted by Gasteiger charge is 2.55. The van der Waals surface area contributed by atoms with Gasteiger partial charge in [-0.1, -0.05) is 30.3 Å². The average molecular weight is 472 g/mol. The van der Waals surface area contributed by atoms with Crippen molar-refractivity contribution in [1.82, 2.24) is 14.7 Å². The van der Waals surface area contributed by atoms with Crippen molar-refractivity contribution in [3.8, 4) is 0 Å². The van der Waals surface area contributed by atoms with Crippen LogP contribution in [0.1, 0.15) is 51.5 Å². The molecule has 34 heavy (non-hydrogen) atoms. The van der Waals surface area contributed by atoms with E-state index in [2.05, 4.69) is 4.90 Å². The smallest absolute Gasteiger partial charge is 0.410 e. The Labute approximate surface area is 201 Å². The highest BCUT2D eigenvalue weighted by Crippen LogP contribution is 2.53. The third-order valence-corrected chi connectivity index (χ3v) is 8.39. The standard InChI is InChI=1S/C26H37N3O5/c1-19-23(31)29-21(9-6-13-27-14-12-26(10-11-26)22(30)15-27)17-34-25(29,2)18-28(19)24(32)33-16-20-7-4-3-5-8-20/h3-5,7-8,19,21-22,30H,6,9-18H2,1-2H3/t19-,21-,22+,25?/m0/s1. The van der Waals surface area contributed by atoms with Crippen molar-refractivity contribution < 1.29 is 24.2 Å². The van der Waals surface area contributed by atoms with Crippen molar-refractivity contribution in [2.24, 2.45) is 5.41 Å². The normalized spacial score (nSPS) is 32.7. The lowest BCUT2D eigenvalue weighted by Crippen LogP contribution is -2.67. The summed E-state index contributed by atoms with van der Waals surface area (Å²) >= 11 is 0. The minimum atomic E-state index is -0.834. The van der Waals surface area contributed by atoms with Crippen molar-refractivity contribution in [3.63, 3.8) is 0 Å². The number of aliphatic hydroxyl groups excluding tert-OH is 1. The summed E-state index contributed by atoms with van der Waals surface area (Å²) in [5, 5.41) is 10.4. The van der Waals surface area contributed by atoms with Gasteiger partial charge in [0.15, 0.2) is 5.72 Å². The molecule has 1 N–H and O–H groups in total. The number of carbonyl (C=O) groups excluding carboxylic acids is 2. The van der Waals surface area contributed by atoms with E-state index in [-0.39, 0.29) is 30.1 Å². The molecule has 1 saturated carbocycles. The Morgan fingerprint density at radius 1 is 1.24 bits per heavy atom. The van der Waals surface area contributed by atoms with Gasteiger partial charge in [-0.05, 0) is 70.0 Å². The number of rotatable bonds is 6. The molecule has 3 aliphatic heterocycles. The third kappa shape index (κ3) is 4.43. The maximum Gasteiger partial charge on any atom is 0.410 e. The SMILES string of the molecule is C[C@H]1C(=O)N2[C@@H](CCCN3CCC4(CC4)[C@H](O)C3)COC2(C)CN1C(=O)OCc1ccccc1. The Balaban J connectivity index is 1.14. The van der Waals surface area contributed by atoms with E-state index in [4.69, 9.17) is 9.47 Å². The first kappa shape index (κ1) is 23.6. The Kier molecular flexibility index (Phi) is 6.33. The van der Waals surface area contributed by atoms with Crippen molar-refractivity contribution in [3.05, 3.63) is 35.9 Å². The summed E-state index contributed by atoms with van der Waals surface area (Å²) in [7, 11) is 0. The number of piperazine rings is 1. The Morgan fingerprint density at radius 3 is 2.71 bits per heavy atom. The van der Waals surface area contributed by atoms with Crippen LogP contribution >= 0.6 is 0 Å². The number of amides is 2. The van der Waals surface area contributed by atoms with Gasteiger partial charge in [-0.3, -0.25) is 9.69 Å². The molecule has 0 bridgehead atoms. The van der Waals surface area contributed by atoms with Crippen molar-refractivity contribution in [1.29, 1.82) is 0 Å². The van der Waals surface area contributed by atoms with E-state index in [1.54, 1.807) is 6.92 Å². The van der Waals surface area contributed by atoms with Crippen LogP contribution in [0.3, 0.4) is 0 Å². The van der Waals surface area contributed by atoms with Crippen molar-refractivity contribution in [2.45, 2.75) is 76.5 Å². The number of β-amino-alcohol motifs (C(OH)–C–C–N with tert-alkyl or cyclic N) is 1. The van der Waals surface area contributed by atoms with Gasteiger partial charge in [-0.25, -0.2) is 4.79 Å². The zero-order chi connectivity index (χ0) is 23.9. The maximum atomic E-state index is 13.4. The molecule has 186 valence electrons. The second-order valence-electron chi connectivity index (χ2n) is 10.8. The second kappa shape index (κ2) is 9.13. The first-order chi connectivity index (χ1) is 16.3. The number of hydrogen-bond donors (Lipinski definition) is 1. The molecule has 2 amide bonds. The summed E-state index contributed by atoms with van der Waals surface area (Å²) in [5.74, 6) is -0.0861. The molecule has 4 fully saturated rings. The van der Waals surface area contributed by atoms with Crippen molar-refractivity contribution in [2.75, 3.05) is 32.8 Å². The zero-order valence-electron chi connectivity index (χ0n) is 20.3. The van der Waals surface area contributed by atoms with Crippen LogP contribution in [0.15, 0.2) is 30.3 Å². The van der Waals surface area contributed by atoms with E-state index >= 15 is 0 Å². The number of piperidine rings is 1. The molecule has 1 aromatic carbocycles. The number of likely N-dealkylation sites (tertiary alicyclic amines) is 1. The van der Waals surface area contributed by atoms with E-state index in [9.17, 15) is 14.7 Å². The van der Waals surface area contributed by atoms with Gasteiger partial charge >= 0.3 is 6.09 Å². The van der Waals surface area contributed by atoms with E-state index in [1.807, 2.05) is 42.2 Å². The predicted molar refractivity (Wildman–Crippen MR) is 126 cm³/mol. The van der Waals surface area contributed by atoms with Crippen LogP contribution in [0.5, 0.6) is 0 Å². The lowest BCUT2D eigenvalue weighted by atomic mass is 9.90. The first-order valence-corrected chi connectivity index (χ1v) is 12.7. The molecule has 1 aromatic rings. The fraction of sp³-hybridized carbons (Fsp3) is 0.692.